The van der Waals surface area contributed by atoms with E-state index in [9.17, 15) is 0 Å². The quantitative estimate of drug-likeness (QED) is 0.636. The van der Waals surface area contributed by atoms with Gasteiger partial charge in [-0.3, -0.25) is 4.98 Å². The van der Waals surface area contributed by atoms with Crippen molar-refractivity contribution in [3.05, 3.63) is 24.2 Å². The number of fused-ring (bicyclic) bond motifs is 1. The monoisotopic (exact) mass is 189 g/mol. The molecule has 14 heavy (non-hydrogen) atoms. The van der Waals surface area contributed by atoms with Crippen molar-refractivity contribution in [2.45, 2.75) is 26.2 Å². The maximum Gasteiger partial charge on any atom is 0.158 e. The fourth-order valence-electron chi connectivity index (χ4n) is 1.64. The summed E-state index contributed by atoms with van der Waals surface area (Å²) in [4.78, 5) is 8.70. The average Bonchev–Trinajstić information content (AvgIpc) is 2.44. The molecule has 0 radical (unpaired) electrons. The van der Waals surface area contributed by atoms with Crippen molar-refractivity contribution in [1.82, 2.24) is 14.5 Å². The van der Waals surface area contributed by atoms with Crippen molar-refractivity contribution in [1.29, 1.82) is 0 Å². The van der Waals surface area contributed by atoms with Gasteiger partial charge in [0.05, 0.1) is 0 Å². The van der Waals surface area contributed by atoms with Crippen LogP contribution in [0.5, 0.6) is 0 Å². The van der Waals surface area contributed by atoms with Gasteiger partial charge in [-0.05, 0) is 5.41 Å². The molecule has 0 atom stereocenters. The zero-order valence-electron chi connectivity index (χ0n) is 9.07. The number of aromatic nitrogens is 3. The molecule has 0 bridgehead atoms. The molecule has 0 aliphatic carbocycles. The van der Waals surface area contributed by atoms with Crippen molar-refractivity contribution >= 4 is 11.2 Å². The van der Waals surface area contributed by atoms with E-state index in [2.05, 4.69) is 36.9 Å². The van der Waals surface area contributed by atoms with Crippen LogP contribution in [0.1, 0.15) is 26.3 Å². The van der Waals surface area contributed by atoms with Crippen molar-refractivity contribution in [3.63, 3.8) is 0 Å². The van der Waals surface area contributed by atoms with Gasteiger partial charge >= 0.3 is 0 Å². The molecular formula is C11H15N3. The van der Waals surface area contributed by atoms with E-state index in [4.69, 9.17) is 0 Å². The predicted molar refractivity (Wildman–Crippen MR) is 57.2 cm³/mol. The zero-order valence-corrected chi connectivity index (χ0v) is 9.07. The highest BCUT2D eigenvalue weighted by Crippen LogP contribution is 2.28. The van der Waals surface area contributed by atoms with Gasteiger partial charge in [-0.15, -0.1) is 0 Å². The first kappa shape index (κ1) is 9.19. The van der Waals surface area contributed by atoms with Crippen molar-refractivity contribution < 1.29 is 0 Å². The maximum absolute atomic E-state index is 4.39. The number of nitrogens with zero attached hydrogens (tertiary/aromatic N) is 3. The van der Waals surface area contributed by atoms with Crippen LogP contribution in [0.25, 0.3) is 11.2 Å². The van der Waals surface area contributed by atoms with Crippen molar-refractivity contribution in [3.8, 4) is 0 Å². The molecule has 3 heteroatoms. The minimum Gasteiger partial charge on any atom is -0.334 e. The van der Waals surface area contributed by atoms with Crippen LogP contribution in [0.3, 0.4) is 0 Å². The van der Waals surface area contributed by atoms with E-state index in [1.54, 1.807) is 12.4 Å². The van der Waals surface area contributed by atoms with E-state index < -0.39 is 0 Å². The summed E-state index contributed by atoms with van der Waals surface area (Å²) in [5.41, 5.74) is 3.35. The molecule has 3 nitrogen and oxygen atoms in total. The third-order valence-electron chi connectivity index (χ3n) is 2.40. The predicted octanol–water partition coefficient (Wildman–Crippen LogP) is 2.27. The summed E-state index contributed by atoms with van der Waals surface area (Å²) >= 11 is 0. The second-order valence-corrected chi connectivity index (χ2v) is 4.63. The fourth-order valence-corrected chi connectivity index (χ4v) is 1.64. The molecular weight excluding hydrogens is 174 g/mol. The Morgan fingerprint density at radius 1 is 1.14 bits per heavy atom. The average molecular weight is 189 g/mol. The van der Waals surface area contributed by atoms with Gasteiger partial charge < -0.3 is 4.57 Å². The lowest BCUT2D eigenvalue weighted by molar-refractivity contribution is 0.592. The lowest BCUT2D eigenvalue weighted by Gasteiger charge is -2.16. The molecule has 2 aromatic heterocycles. The van der Waals surface area contributed by atoms with E-state index in [0.29, 0.717) is 0 Å². The smallest absolute Gasteiger partial charge is 0.158 e. The van der Waals surface area contributed by atoms with Crippen molar-refractivity contribution in [2.75, 3.05) is 0 Å². The Morgan fingerprint density at radius 3 is 2.43 bits per heavy atom. The molecule has 2 heterocycles. The summed E-state index contributed by atoms with van der Waals surface area (Å²) in [6.07, 6.45) is 5.59. The third kappa shape index (κ3) is 1.29. The highest BCUT2D eigenvalue weighted by molar-refractivity contribution is 5.76. The number of aryl methyl sites for hydroxylation is 1. The third-order valence-corrected chi connectivity index (χ3v) is 2.40. The summed E-state index contributed by atoms with van der Waals surface area (Å²) < 4.78 is 2.03. The lowest BCUT2D eigenvalue weighted by Crippen LogP contribution is -2.10. The van der Waals surface area contributed by atoms with E-state index >= 15 is 0 Å². The van der Waals surface area contributed by atoms with Crippen LogP contribution in [-0.2, 0) is 12.5 Å². The molecule has 0 saturated heterocycles. The second-order valence-electron chi connectivity index (χ2n) is 4.63. The van der Waals surface area contributed by atoms with Crippen LogP contribution in [0.15, 0.2) is 18.6 Å². The summed E-state index contributed by atoms with van der Waals surface area (Å²) in [6.45, 7) is 6.57. The molecule has 0 aliphatic heterocycles. The maximum atomic E-state index is 4.39. The Bertz CT molecular complexity index is 463. The summed E-state index contributed by atoms with van der Waals surface area (Å²) in [5, 5.41) is 0. The van der Waals surface area contributed by atoms with Gasteiger partial charge in [0.1, 0.15) is 5.52 Å². The molecule has 74 valence electrons. The Labute approximate surface area is 83.8 Å². The number of hydrogen-bond acceptors (Lipinski definition) is 2. The molecule has 2 aromatic rings. The standard InChI is InChI=1S/C11H15N3/c1-11(2,3)8-7-14(4)10-9(8)12-5-6-13-10/h5-7H,1-4H3. The lowest BCUT2D eigenvalue weighted by atomic mass is 9.88. The van der Waals surface area contributed by atoms with E-state index in [1.807, 2.05) is 11.6 Å². The van der Waals surface area contributed by atoms with E-state index in [1.165, 1.54) is 5.56 Å². The number of hydrogen-bond donors (Lipinski definition) is 0. The number of rotatable bonds is 0. The molecule has 0 saturated carbocycles. The van der Waals surface area contributed by atoms with Gasteiger partial charge in [-0.1, -0.05) is 20.8 Å². The summed E-state index contributed by atoms with van der Waals surface area (Å²) in [6, 6.07) is 0. The first-order valence-corrected chi connectivity index (χ1v) is 4.76. The van der Waals surface area contributed by atoms with Crippen LogP contribution in [0, 0.1) is 0 Å². The minimum atomic E-state index is 0.121. The van der Waals surface area contributed by atoms with Gasteiger partial charge in [0.25, 0.3) is 0 Å². The second kappa shape index (κ2) is 2.80. The van der Waals surface area contributed by atoms with Gasteiger partial charge in [0, 0.05) is 31.2 Å². The van der Waals surface area contributed by atoms with Gasteiger partial charge in [-0.25, -0.2) is 4.98 Å². The summed E-state index contributed by atoms with van der Waals surface area (Å²) in [7, 11) is 2.01. The molecule has 0 amide bonds. The molecule has 0 fully saturated rings. The first-order chi connectivity index (χ1) is 6.50. The Balaban J connectivity index is 2.80. The Hall–Kier alpha value is -1.38. The molecule has 0 aromatic carbocycles. The van der Waals surface area contributed by atoms with Gasteiger partial charge in [-0.2, -0.15) is 0 Å². The largest absolute Gasteiger partial charge is 0.334 e. The molecule has 0 unspecified atom stereocenters. The highest BCUT2D eigenvalue weighted by atomic mass is 15.0. The topological polar surface area (TPSA) is 30.7 Å². The Morgan fingerprint density at radius 2 is 1.79 bits per heavy atom. The zero-order chi connectivity index (χ0) is 10.3. The minimum absolute atomic E-state index is 0.121. The normalized spacial score (nSPS) is 12.3. The van der Waals surface area contributed by atoms with Crippen LogP contribution in [-0.4, -0.2) is 14.5 Å². The van der Waals surface area contributed by atoms with Crippen LogP contribution in [0.4, 0.5) is 0 Å². The van der Waals surface area contributed by atoms with Gasteiger partial charge in [0.2, 0.25) is 0 Å². The SMILES string of the molecule is Cn1cc(C(C)(C)C)c2nccnc21. The van der Waals surface area contributed by atoms with Gasteiger partial charge in [0.15, 0.2) is 5.65 Å². The van der Waals surface area contributed by atoms with Crippen LogP contribution < -0.4 is 0 Å². The molecule has 0 aliphatic rings. The van der Waals surface area contributed by atoms with E-state index in [0.717, 1.165) is 11.2 Å². The van der Waals surface area contributed by atoms with Crippen LogP contribution in [0.2, 0.25) is 0 Å². The van der Waals surface area contributed by atoms with Crippen LogP contribution >= 0.6 is 0 Å². The molecule has 2 rings (SSSR count). The first-order valence-electron chi connectivity index (χ1n) is 4.76. The highest BCUT2D eigenvalue weighted by Gasteiger charge is 2.20. The van der Waals surface area contributed by atoms with E-state index in [-0.39, 0.29) is 5.41 Å². The molecule has 0 spiro atoms. The summed E-state index contributed by atoms with van der Waals surface area (Å²) in [5.74, 6) is 0. The van der Waals surface area contributed by atoms with Crippen molar-refractivity contribution in [2.24, 2.45) is 7.05 Å². The Kier molecular flexibility index (Phi) is 1.84. The fraction of sp³-hybridized carbons (Fsp3) is 0.455. The molecule has 0 N–H and O–H groups in total.